The molecule has 0 saturated carbocycles. The SMILES string of the molecule is CCNC(=NCC(c1ccc(C)s1)N1CCOCC1)NCCSC.I. The van der Waals surface area contributed by atoms with Gasteiger partial charge in [-0.15, -0.1) is 35.3 Å². The Bertz CT molecular complexity index is 507. The average Bonchev–Trinajstić information content (AvgIpc) is 3.02. The van der Waals surface area contributed by atoms with Crippen LogP contribution in [0.25, 0.3) is 0 Å². The summed E-state index contributed by atoms with van der Waals surface area (Å²) in [6.07, 6.45) is 2.12. The van der Waals surface area contributed by atoms with Crippen molar-refractivity contribution in [2.24, 2.45) is 4.99 Å². The number of ether oxygens (including phenoxy) is 1. The largest absolute Gasteiger partial charge is 0.379 e. The highest BCUT2D eigenvalue weighted by atomic mass is 127. The van der Waals surface area contributed by atoms with Gasteiger partial charge in [0, 0.05) is 41.7 Å². The number of aliphatic imine (C=N–C) groups is 1. The highest BCUT2D eigenvalue weighted by Crippen LogP contribution is 2.28. The Morgan fingerprint density at radius 2 is 2.12 bits per heavy atom. The Kier molecular flexibility index (Phi) is 12.1. The topological polar surface area (TPSA) is 48.9 Å². The normalized spacial score (nSPS) is 17.0. The molecule has 2 rings (SSSR count). The van der Waals surface area contributed by atoms with Crippen molar-refractivity contribution < 1.29 is 4.74 Å². The van der Waals surface area contributed by atoms with E-state index < -0.39 is 0 Å². The number of thiophene rings is 1. The van der Waals surface area contributed by atoms with E-state index in [0.717, 1.165) is 57.6 Å². The third-order valence-electron chi connectivity index (χ3n) is 3.94. The number of nitrogens with zero attached hydrogens (tertiary/aromatic N) is 2. The molecule has 144 valence electrons. The summed E-state index contributed by atoms with van der Waals surface area (Å²) in [5.74, 6) is 2.00. The number of morpholine rings is 1. The van der Waals surface area contributed by atoms with Gasteiger partial charge in [-0.2, -0.15) is 11.8 Å². The van der Waals surface area contributed by atoms with Crippen LogP contribution < -0.4 is 10.6 Å². The first-order valence-corrected chi connectivity index (χ1v) is 10.8. The molecule has 2 N–H and O–H groups in total. The molecule has 0 spiro atoms. The molecule has 0 bridgehead atoms. The molecule has 1 saturated heterocycles. The zero-order valence-corrected chi connectivity index (χ0v) is 19.4. The van der Waals surface area contributed by atoms with E-state index >= 15 is 0 Å². The summed E-state index contributed by atoms with van der Waals surface area (Å²) in [7, 11) is 0. The lowest BCUT2D eigenvalue weighted by molar-refractivity contribution is 0.0186. The van der Waals surface area contributed by atoms with Gasteiger partial charge in [0.25, 0.3) is 0 Å². The second kappa shape index (κ2) is 13.2. The lowest BCUT2D eigenvalue weighted by Gasteiger charge is -2.33. The predicted molar refractivity (Wildman–Crippen MR) is 122 cm³/mol. The molecular formula is C17H31IN4OS2. The molecule has 1 atom stereocenters. The van der Waals surface area contributed by atoms with Gasteiger partial charge in [0.1, 0.15) is 0 Å². The van der Waals surface area contributed by atoms with Crippen molar-refractivity contribution in [3.63, 3.8) is 0 Å². The summed E-state index contributed by atoms with van der Waals surface area (Å²) in [5.41, 5.74) is 0. The molecule has 5 nitrogen and oxygen atoms in total. The molecule has 2 heterocycles. The van der Waals surface area contributed by atoms with E-state index in [0.29, 0.717) is 6.04 Å². The van der Waals surface area contributed by atoms with E-state index in [2.05, 4.69) is 47.8 Å². The summed E-state index contributed by atoms with van der Waals surface area (Å²) >= 11 is 3.72. The molecule has 1 fully saturated rings. The van der Waals surface area contributed by atoms with Crippen LogP contribution in [0.4, 0.5) is 0 Å². The first kappa shape index (κ1) is 23.0. The van der Waals surface area contributed by atoms with E-state index in [1.165, 1.54) is 9.75 Å². The smallest absolute Gasteiger partial charge is 0.191 e. The number of aryl methyl sites for hydroxylation is 1. The summed E-state index contributed by atoms with van der Waals surface area (Å²) in [5, 5.41) is 6.76. The van der Waals surface area contributed by atoms with Crippen LogP contribution in [-0.4, -0.2) is 68.8 Å². The Morgan fingerprint density at radius 1 is 1.36 bits per heavy atom. The third kappa shape index (κ3) is 8.03. The molecule has 1 unspecified atom stereocenters. The maximum atomic E-state index is 5.52. The monoisotopic (exact) mass is 498 g/mol. The fraction of sp³-hybridized carbons (Fsp3) is 0.706. The third-order valence-corrected chi connectivity index (χ3v) is 5.66. The predicted octanol–water partition coefficient (Wildman–Crippen LogP) is 2.97. The van der Waals surface area contributed by atoms with Crippen LogP contribution in [0.2, 0.25) is 0 Å². The number of hydrogen-bond donors (Lipinski definition) is 2. The number of halogens is 1. The Morgan fingerprint density at radius 3 is 2.72 bits per heavy atom. The van der Waals surface area contributed by atoms with Crippen molar-refractivity contribution >= 4 is 53.0 Å². The Balaban J connectivity index is 0.00000312. The van der Waals surface area contributed by atoms with Crippen LogP contribution in [0.5, 0.6) is 0 Å². The molecule has 1 aromatic heterocycles. The molecular weight excluding hydrogens is 467 g/mol. The highest BCUT2D eigenvalue weighted by Gasteiger charge is 2.23. The van der Waals surface area contributed by atoms with E-state index in [9.17, 15) is 0 Å². The minimum absolute atomic E-state index is 0. The van der Waals surface area contributed by atoms with Crippen LogP contribution >= 0.6 is 47.1 Å². The molecule has 0 aromatic carbocycles. The molecule has 0 amide bonds. The fourth-order valence-corrected chi connectivity index (χ4v) is 4.01. The van der Waals surface area contributed by atoms with Gasteiger partial charge in [-0.25, -0.2) is 0 Å². The molecule has 8 heteroatoms. The van der Waals surface area contributed by atoms with Crippen molar-refractivity contribution in [2.75, 3.05) is 57.9 Å². The molecule has 0 radical (unpaired) electrons. The number of hydrogen-bond acceptors (Lipinski definition) is 5. The molecule has 25 heavy (non-hydrogen) atoms. The van der Waals surface area contributed by atoms with Gasteiger partial charge in [0.15, 0.2) is 5.96 Å². The van der Waals surface area contributed by atoms with Gasteiger partial charge < -0.3 is 15.4 Å². The van der Waals surface area contributed by atoms with Crippen LogP contribution in [0, 0.1) is 6.92 Å². The van der Waals surface area contributed by atoms with Gasteiger partial charge in [0.05, 0.1) is 25.8 Å². The summed E-state index contributed by atoms with van der Waals surface area (Å²) in [6.45, 7) is 10.5. The van der Waals surface area contributed by atoms with Crippen molar-refractivity contribution in [2.45, 2.75) is 19.9 Å². The first-order valence-electron chi connectivity index (χ1n) is 8.63. The van der Waals surface area contributed by atoms with Crippen LogP contribution in [0.1, 0.15) is 22.7 Å². The number of guanidine groups is 1. The second-order valence-electron chi connectivity index (χ2n) is 5.75. The number of thioether (sulfide) groups is 1. The lowest BCUT2D eigenvalue weighted by Crippen LogP contribution is -2.42. The van der Waals surface area contributed by atoms with Crippen molar-refractivity contribution in [1.82, 2.24) is 15.5 Å². The van der Waals surface area contributed by atoms with Crippen LogP contribution in [-0.2, 0) is 4.74 Å². The van der Waals surface area contributed by atoms with Crippen LogP contribution in [0.15, 0.2) is 17.1 Å². The van der Waals surface area contributed by atoms with E-state index in [4.69, 9.17) is 9.73 Å². The van der Waals surface area contributed by atoms with Gasteiger partial charge in [0.2, 0.25) is 0 Å². The quantitative estimate of drug-likeness (QED) is 0.250. The minimum Gasteiger partial charge on any atom is -0.379 e. The Labute approximate surface area is 177 Å². The standard InChI is InChI=1S/C17H30N4OS2.HI/c1-4-18-17(19-7-12-23-3)20-13-15(16-6-5-14(2)24-16)21-8-10-22-11-9-21;/h5-6,15H,4,7-13H2,1-3H3,(H2,18,19,20);1H. The zero-order chi connectivity index (χ0) is 17.2. The minimum atomic E-state index is 0. The summed E-state index contributed by atoms with van der Waals surface area (Å²) < 4.78 is 5.52. The molecule has 1 aliphatic heterocycles. The lowest BCUT2D eigenvalue weighted by atomic mass is 10.2. The van der Waals surface area contributed by atoms with E-state index in [1.807, 2.05) is 23.1 Å². The van der Waals surface area contributed by atoms with E-state index in [1.54, 1.807) is 0 Å². The van der Waals surface area contributed by atoms with Gasteiger partial charge in [-0.05, 0) is 32.2 Å². The van der Waals surface area contributed by atoms with Crippen molar-refractivity contribution in [1.29, 1.82) is 0 Å². The first-order chi connectivity index (χ1) is 11.7. The molecule has 1 aromatic rings. The fourth-order valence-electron chi connectivity index (χ4n) is 2.70. The van der Waals surface area contributed by atoms with E-state index in [-0.39, 0.29) is 24.0 Å². The maximum Gasteiger partial charge on any atom is 0.191 e. The second-order valence-corrected chi connectivity index (χ2v) is 8.06. The molecule has 0 aliphatic carbocycles. The number of nitrogens with one attached hydrogen (secondary N) is 2. The van der Waals surface area contributed by atoms with Gasteiger partial charge >= 0.3 is 0 Å². The van der Waals surface area contributed by atoms with Gasteiger partial charge in [-0.1, -0.05) is 0 Å². The average molecular weight is 499 g/mol. The van der Waals surface area contributed by atoms with Crippen LogP contribution in [0.3, 0.4) is 0 Å². The van der Waals surface area contributed by atoms with Crippen molar-refractivity contribution in [3.05, 3.63) is 21.9 Å². The summed E-state index contributed by atoms with van der Waals surface area (Å²) in [6, 6.07) is 4.80. The summed E-state index contributed by atoms with van der Waals surface area (Å²) in [4.78, 5) is 10.1. The molecule has 1 aliphatic rings. The van der Waals surface area contributed by atoms with Gasteiger partial charge in [-0.3, -0.25) is 9.89 Å². The highest BCUT2D eigenvalue weighted by molar-refractivity contribution is 14.0. The number of rotatable bonds is 8. The Hall–Kier alpha value is -0.0300. The zero-order valence-electron chi connectivity index (χ0n) is 15.4. The van der Waals surface area contributed by atoms with Crippen molar-refractivity contribution in [3.8, 4) is 0 Å². The maximum absolute atomic E-state index is 5.52.